The van der Waals surface area contributed by atoms with Crippen molar-refractivity contribution in [1.82, 2.24) is 5.32 Å². The first-order valence-electron chi connectivity index (χ1n) is 8.39. The minimum absolute atomic E-state index is 1.07. The first-order chi connectivity index (χ1) is 8.74. The Labute approximate surface area is 118 Å². The van der Waals surface area contributed by atoms with Gasteiger partial charge in [0.15, 0.2) is 0 Å². The minimum Gasteiger partial charge on any atom is -0.320 e. The molecule has 0 aromatic heterocycles. The molecule has 0 radical (unpaired) electrons. The van der Waals surface area contributed by atoms with Crippen molar-refractivity contribution < 1.29 is 0 Å². The van der Waals surface area contributed by atoms with Gasteiger partial charge in [-0.3, -0.25) is 0 Å². The van der Waals surface area contributed by atoms with Crippen LogP contribution in [0.25, 0.3) is 0 Å². The van der Waals surface area contributed by atoms with Gasteiger partial charge in [-0.25, -0.2) is 0 Å². The summed E-state index contributed by atoms with van der Waals surface area (Å²) in [5.74, 6) is 0. The van der Waals surface area contributed by atoms with E-state index in [9.17, 15) is 0 Å². The van der Waals surface area contributed by atoms with Crippen molar-refractivity contribution in [2.75, 3.05) is 13.6 Å². The van der Waals surface area contributed by atoms with Gasteiger partial charge in [0.25, 0.3) is 0 Å². The van der Waals surface area contributed by atoms with Crippen LogP contribution in [0.5, 0.6) is 0 Å². The molecule has 0 fully saturated rings. The van der Waals surface area contributed by atoms with Gasteiger partial charge in [-0.2, -0.15) is 0 Å². The molecule has 0 saturated heterocycles. The molecule has 0 rings (SSSR count). The standard InChI is InChI=1S/2C7H16.C3H9N/c2*1-3-5-7-6-4-2;1-3-4-2/h2*3-7H2,1-2H3;4H,3H2,1-2H3. The number of hydrogen-bond donors (Lipinski definition) is 1. The molecule has 0 bridgehead atoms. The smallest absolute Gasteiger partial charge is 0.00804 e. The number of hydrogen-bond acceptors (Lipinski definition) is 1. The first kappa shape index (κ1) is 23.1. The highest BCUT2D eigenvalue weighted by Crippen LogP contribution is 2.00. The van der Waals surface area contributed by atoms with E-state index in [-0.39, 0.29) is 0 Å². The SMILES string of the molecule is CCCCCCC.CCCCCCC.CCNC. The molecule has 0 aliphatic rings. The molecule has 0 heterocycles. The molecule has 1 heteroatoms. The van der Waals surface area contributed by atoms with E-state index in [0.29, 0.717) is 0 Å². The van der Waals surface area contributed by atoms with Crippen molar-refractivity contribution in [2.45, 2.75) is 98.8 Å². The van der Waals surface area contributed by atoms with Crippen LogP contribution in [0, 0.1) is 0 Å². The molecule has 114 valence electrons. The maximum absolute atomic E-state index is 2.93. The Bertz CT molecular complexity index is 71.6. The van der Waals surface area contributed by atoms with E-state index in [0.717, 1.165) is 6.54 Å². The summed E-state index contributed by atoms with van der Waals surface area (Å²) in [5.41, 5.74) is 0. The van der Waals surface area contributed by atoms with E-state index < -0.39 is 0 Å². The van der Waals surface area contributed by atoms with Gasteiger partial charge in [0.2, 0.25) is 0 Å². The second-order valence-electron chi connectivity index (χ2n) is 4.83. The van der Waals surface area contributed by atoms with Gasteiger partial charge in [0, 0.05) is 0 Å². The molecule has 0 atom stereocenters. The molecule has 0 aliphatic heterocycles. The van der Waals surface area contributed by atoms with Gasteiger partial charge in [-0.1, -0.05) is 98.8 Å². The zero-order chi connectivity index (χ0) is 14.5. The molecular formula is C17H41N. The monoisotopic (exact) mass is 259 g/mol. The van der Waals surface area contributed by atoms with Gasteiger partial charge in [0.05, 0.1) is 0 Å². The summed E-state index contributed by atoms with van der Waals surface area (Å²) in [6, 6.07) is 0. The highest BCUT2D eigenvalue weighted by atomic mass is 14.8. The Hall–Kier alpha value is -0.0400. The molecule has 0 saturated carbocycles. The zero-order valence-corrected chi connectivity index (χ0v) is 14.3. The summed E-state index contributed by atoms with van der Waals surface area (Å²) < 4.78 is 0. The van der Waals surface area contributed by atoms with E-state index in [2.05, 4.69) is 39.9 Å². The van der Waals surface area contributed by atoms with Crippen molar-refractivity contribution in [3.63, 3.8) is 0 Å². The third-order valence-electron chi connectivity index (χ3n) is 2.77. The van der Waals surface area contributed by atoms with Crippen molar-refractivity contribution >= 4 is 0 Å². The third kappa shape index (κ3) is 44.5. The van der Waals surface area contributed by atoms with Crippen molar-refractivity contribution in [3.05, 3.63) is 0 Å². The lowest BCUT2D eigenvalue weighted by Gasteiger charge is -1.90. The maximum atomic E-state index is 2.93. The molecule has 0 unspecified atom stereocenters. The molecule has 0 aliphatic carbocycles. The average Bonchev–Trinajstić information content (AvgIpc) is 2.41. The van der Waals surface area contributed by atoms with Gasteiger partial charge >= 0.3 is 0 Å². The average molecular weight is 260 g/mol. The Balaban J connectivity index is -0.000000196. The molecule has 1 N–H and O–H groups in total. The van der Waals surface area contributed by atoms with Crippen LogP contribution in [0.15, 0.2) is 0 Å². The molecule has 0 amide bonds. The van der Waals surface area contributed by atoms with Crippen LogP contribution in [0.2, 0.25) is 0 Å². The van der Waals surface area contributed by atoms with Crippen molar-refractivity contribution in [1.29, 1.82) is 0 Å². The molecule has 0 aromatic rings. The highest BCUT2D eigenvalue weighted by molar-refractivity contribution is 4.36. The fourth-order valence-corrected chi connectivity index (χ4v) is 1.35. The summed E-state index contributed by atoms with van der Waals surface area (Å²) in [7, 11) is 1.93. The summed E-state index contributed by atoms with van der Waals surface area (Å²) in [6.07, 6.45) is 14.0. The quantitative estimate of drug-likeness (QED) is 0.488. The highest BCUT2D eigenvalue weighted by Gasteiger charge is 1.80. The largest absolute Gasteiger partial charge is 0.320 e. The summed E-state index contributed by atoms with van der Waals surface area (Å²) in [5, 5.41) is 2.93. The van der Waals surface area contributed by atoms with Crippen LogP contribution in [0.4, 0.5) is 0 Å². The predicted octanol–water partition coefficient (Wildman–Crippen LogP) is 6.18. The second-order valence-corrected chi connectivity index (χ2v) is 4.83. The predicted molar refractivity (Wildman–Crippen MR) is 88.5 cm³/mol. The molecule has 1 nitrogen and oxygen atoms in total. The second kappa shape index (κ2) is 30.2. The lowest BCUT2D eigenvalue weighted by Crippen LogP contribution is -2.01. The topological polar surface area (TPSA) is 12.0 Å². The number of unbranched alkanes of at least 4 members (excludes halogenated alkanes) is 8. The zero-order valence-electron chi connectivity index (χ0n) is 14.3. The van der Waals surface area contributed by atoms with E-state index >= 15 is 0 Å². The number of nitrogens with one attached hydrogen (secondary N) is 1. The van der Waals surface area contributed by atoms with Crippen molar-refractivity contribution in [2.24, 2.45) is 0 Å². The van der Waals surface area contributed by atoms with Gasteiger partial charge in [-0.15, -0.1) is 0 Å². The lowest BCUT2D eigenvalue weighted by atomic mass is 10.2. The summed E-state index contributed by atoms with van der Waals surface area (Å²) in [6.45, 7) is 12.1. The van der Waals surface area contributed by atoms with Crippen LogP contribution in [0.1, 0.15) is 98.8 Å². The fraction of sp³-hybridized carbons (Fsp3) is 1.00. The minimum atomic E-state index is 1.07. The van der Waals surface area contributed by atoms with E-state index in [1.165, 1.54) is 64.2 Å². The fourth-order valence-electron chi connectivity index (χ4n) is 1.35. The summed E-state index contributed by atoms with van der Waals surface area (Å²) in [4.78, 5) is 0. The lowest BCUT2D eigenvalue weighted by molar-refractivity contribution is 0.656. The van der Waals surface area contributed by atoms with Crippen LogP contribution >= 0.6 is 0 Å². The maximum Gasteiger partial charge on any atom is -0.00804 e. The molecule has 0 spiro atoms. The van der Waals surface area contributed by atoms with E-state index in [1.807, 2.05) is 7.05 Å². The van der Waals surface area contributed by atoms with Crippen LogP contribution in [-0.4, -0.2) is 13.6 Å². The molecule has 0 aromatic carbocycles. The Morgan fingerprint density at radius 2 is 0.722 bits per heavy atom. The van der Waals surface area contributed by atoms with Crippen molar-refractivity contribution in [3.8, 4) is 0 Å². The van der Waals surface area contributed by atoms with Crippen LogP contribution in [-0.2, 0) is 0 Å². The van der Waals surface area contributed by atoms with Crippen LogP contribution in [0.3, 0.4) is 0 Å². The van der Waals surface area contributed by atoms with Gasteiger partial charge < -0.3 is 5.32 Å². The van der Waals surface area contributed by atoms with E-state index in [4.69, 9.17) is 0 Å². The Kier molecular flexibility index (Phi) is 38.7. The third-order valence-corrected chi connectivity index (χ3v) is 2.77. The first-order valence-corrected chi connectivity index (χ1v) is 8.39. The molecular weight excluding hydrogens is 218 g/mol. The van der Waals surface area contributed by atoms with Gasteiger partial charge in [-0.05, 0) is 13.6 Å². The number of rotatable bonds is 9. The van der Waals surface area contributed by atoms with Crippen LogP contribution < -0.4 is 5.32 Å². The normalized spacial score (nSPS) is 9.00. The Morgan fingerprint density at radius 1 is 0.500 bits per heavy atom. The molecule has 18 heavy (non-hydrogen) atoms. The Morgan fingerprint density at radius 3 is 0.833 bits per heavy atom. The summed E-state index contributed by atoms with van der Waals surface area (Å²) >= 11 is 0. The van der Waals surface area contributed by atoms with E-state index in [1.54, 1.807) is 0 Å². The van der Waals surface area contributed by atoms with Gasteiger partial charge in [0.1, 0.15) is 0 Å².